The van der Waals surface area contributed by atoms with Crippen molar-refractivity contribution in [2.75, 3.05) is 19.5 Å². The average Bonchev–Trinajstić information content (AvgIpc) is 3.17. The molecule has 1 saturated carbocycles. The number of hydrogen-bond acceptors (Lipinski definition) is 2. The first-order chi connectivity index (χ1) is 8.68. The third-order valence-corrected chi connectivity index (χ3v) is 4.29. The summed E-state index contributed by atoms with van der Waals surface area (Å²) in [4.78, 5) is 13.7. The molecule has 1 fully saturated rings. The summed E-state index contributed by atoms with van der Waals surface area (Å²) in [5.41, 5.74) is 2.77. The molecule has 0 aromatic heterocycles. The van der Waals surface area contributed by atoms with Gasteiger partial charge >= 0.3 is 0 Å². The monoisotopic (exact) mass is 265 g/mol. The molecule has 3 nitrogen and oxygen atoms in total. The van der Waals surface area contributed by atoms with Gasteiger partial charge in [-0.1, -0.05) is 6.07 Å². The van der Waals surface area contributed by atoms with Crippen LogP contribution in [0.4, 0.5) is 0 Å². The van der Waals surface area contributed by atoms with Gasteiger partial charge in [-0.2, -0.15) is 0 Å². The van der Waals surface area contributed by atoms with Crippen molar-refractivity contribution in [1.29, 1.82) is 0 Å². The van der Waals surface area contributed by atoms with Crippen molar-refractivity contribution in [3.8, 4) is 5.75 Å². The van der Waals surface area contributed by atoms with Gasteiger partial charge in [0.15, 0.2) is 0 Å². The molecule has 1 aromatic rings. The zero-order chi connectivity index (χ0) is 12.8. The maximum Gasteiger partial charge on any atom is 0.237 e. The van der Waals surface area contributed by atoms with Gasteiger partial charge in [-0.25, -0.2) is 0 Å². The van der Waals surface area contributed by atoms with E-state index >= 15 is 0 Å². The minimum atomic E-state index is 0.0319. The first kappa shape index (κ1) is 11.8. The zero-order valence-corrected chi connectivity index (χ0v) is 11.2. The molecule has 2 aliphatic rings. The first-order valence-corrected chi connectivity index (χ1v) is 6.73. The van der Waals surface area contributed by atoms with Crippen LogP contribution in [0.15, 0.2) is 18.2 Å². The Hall–Kier alpha value is -1.22. The van der Waals surface area contributed by atoms with E-state index in [1.54, 1.807) is 7.11 Å². The van der Waals surface area contributed by atoms with E-state index in [0.717, 1.165) is 25.1 Å². The van der Waals surface area contributed by atoms with Crippen molar-refractivity contribution in [2.24, 2.45) is 0 Å². The first-order valence-electron chi connectivity index (χ1n) is 6.20. The van der Waals surface area contributed by atoms with Gasteiger partial charge in [-0.05, 0) is 36.1 Å². The van der Waals surface area contributed by atoms with E-state index in [1.165, 1.54) is 11.1 Å². The van der Waals surface area contributed by atoms with Crippen LogP contribution < -0.4 is 4.74 Å². The van der Waals surface area contributed by atoms with Crippen LogP contribution in [0.1, 0.15) is 24.0 Å². The number of alkyl halides is 1. The second kappa shape index (κ2) is 4.16. The van der Waals surface area contributed by atoms with Crippen LogP contribution in [0.3, 0.4) is 0 Å². The number of nitrogens with zero attached hydrogens (tertiary/aromatic N) is 1. The summed E-state index contributed by atoms with van der Waals surface area (Å²) in [5, 5.41) is 0. The lowest BCUT2D eigenvalue weighted by molar-refractivity contribution is -0.129. The number of carbonyl (C=O) groups is 1. The van der Waals surface area contributed by atoms with Crippen molar-refractivity contribution in [1.82, 2.24) is 4.90 Å². The summed E-state index contributed by atoms with van der Waals surface area (Å²) in [7, 11) is 1.69. The van der Waals surface area contributed by atoms with Crippen molar-refractivity contribution in [3.63, 3.8) is 0 Å². The van der Waals surface area contributed by atoms with Gasteiger partial charge in [-0.15, -0.1) is 11.6 Å². The fourth-order valence-electron chi connectivity index (χ4n) is 2.87. The lowest BCUT2D eigenvalue weighted by Gasteiger charge is -2.35. The molecular formula is C14H16ClNO2. The second-order valence-electron chi connectivity index (χ2n) is 5.19. The SMILES string of the molecule is COc1ccc2c(c1)C1(CC1)CN(C(=O)CCl)C2. The molecule has 0 bridgehead atoms. The molecular weight excluding hydrogens is 250 g/mol. The van der Waals surface area contributed by atoms with Crippen LogP contribution in [0.5, 0.6) is 5.75 Å². The van der Waals surface area contributed by atoms with Crippen LogP contribution >= 0.6 is 11.6 Å². The second-order valence-corrected chi connectivity index (χ2v) is 5.45. The molecule has 18 heavy (non-hydrogen) atoms. The lowest BCUT2D eigenvalue weighted by atomic mass is 9.87. The van der Waals surface area contributed by atoms with E-state index in [2.05, 4.69) is 12.1 Å². The Morgan fingerprint density at radius 3 is 2.89 bits per heavy atom. The van der Waals surface area contributed by atoms with E-state index in [9.17, 15) is 4.79 Å². The fraction of sp³-hybridized carbons (Fsp3) is 0.500. The summed E-state index contributed by atoms with van der Waals surface area (Å²) in [6.07, 6.45) is 2.30. The summed E-state index contributed by atoms with van der Waals surface area (Å²) in [6.45, 7) is 1.48. The maximum atomic E-state index is 11.8. The standard InChI is InChI=1S/C14H16ClNO2/c1-18-11-3-2-10-8-16(13(17)7-15)9-14(4-5-14)12(10)6-11/h2-3,6H,4-5,7-9H2,1H3. The molecule has 4 heteroatoms. The topological polar surface area (TPSA) is 29.5 Å². The maximum absolute atomic E-state index is 11.8. The number of rotatable bonds is 2. The highest BCUT2D eigenvalue weighted by molar-refractivity contribution is 6.27. The average molecular weight is 266 g/mol. The smallest absolute Gasteiger partial charge is 0.237 e. The van der Waals surface area contributed by atoms with Crippen molar-refractivity contribution in [2.45, 2.75) is 24.8 Å². The highest BCUT2D eigenvalue weighted by Gasteiger charge is 2.49. The van der Waals surface area contributed by atoms with Gasteiger partial charge in [0, 0.05) is 18.5 Å². The number of carbonyl (C=O) groups excluding carboxylic acids is 1. The predicted molar refractivity (Wildman–Crippen MR) is 70.0 cm³/mol. The fourth-order valence-corrected chi connectivity index (χ4v) is 3.03. The molecule has 3 rings (SSSR count). The highest BCUT2D eigenvalue weighted by Crippen LogP contribution is 2.53. The Kier molecular flexibility index (Phi) is 2.74. The van der Waals surface area contributed by atoms with Crippen LogP contribution in [0, 0.1) is 0 Å². The number of fused-ring (bicyclic) bond motifs is 2. The van der Waals surface area contributed by atoms with Crippen LogP contribution in [0.2, 0.25) is 0 Å². The minimum absolute atomic E-state index is 0.0319. The van der Waals surface area contributed by atoms with Gasteiger partial charge < -0.3 is 9.64 Å². The molecule has 0 unspecified atom stereocenters. The molecule has 1 heterocycles. The van der Waals surface area contributed by atoms with E-state index in [-0.39, 0.29) is 17.2 Å². The van der Waals surface area contributed by atoms with Gasteiger partial charge in [0.05, 0.1) is 7.11 Å². The van der Waals surface area contributed by atoms with Gasteiger partial charge in [-0.3, -0.25) is 4.79 Å². The number of amides is 1. The normalized spacial score (nSPS) is 19.6. The Labute approximate surface area is 112 Å². The quantitative estimate of drug-likeness (QED) is 0.768. The Morgan fingerprint density at radius 1 is 1.50 bits per heavy atom. The molecule has 1 aliphatic carbocycles. The van der Waals surface area contributed by atoms with Crippen LogP contribution in [-0.2, 0) is 16.8 Å². The lowest BCUT2D eigenvalue weighted by Crippen LogP contribution is -2.42. The van der Waals surface area contributed by atoms with Crippen LogP contribution in [-0.4, -0.2) is 30.3 Å². The molecule has 1 aliphatic heterocycles. The number of methoxy groups -OCH3 is 1. The van der Waals surface area contributed by atoms with Crippen LogP contribution in [0.25, 0.3) is 0 Å². The predicted octanol–water partition coefficient (Wildman–Crippen LogP) is 2.31. The molecule has 0 atom stereocenters. The number of halogens is 1. The third-order valence-electron chi connectivity index (χ3n) is 4.06. The van der Waals surface area contributed by atoms with Crippen molar-refractivity contribution >= 4 is 17.5 Å². The summed E-state index contributed by atoms with van der Waals surface area (Å²) in [6, 6.07) is 6.16. The molecule has 96 valence electrons. The van der Waals surface area contributed by atoms with E-state index in [4.69, 9.17) is 16.3 Å². The third kappa shape index (κ3) is 1.77. The molecule has 1 spiro atoms. The van der Waals surface area contributed by atoms with E-state index in [0.29, 0.717) is 6.54 Å². The Balaban J connectivity index is 1.98. The largest absolute Gasteiger partial charge is 0.497 e. The highest BCUT2D eigenvalue weighted by atomic mass is 35.5. The van der Waals surface area contributed by atoms with Crippen molar-refractivity contribution in [3.05, 3.63) is 29.3 Å². The van der Waals surface area contributed by atoms with Gasteiger partial charge in [0.25, 0.3) is 0 Å². The number of benzene rings is 1. The van der Waals surface area contributed by atoms with Gasteiger partial charge in [0.2, 0.25) is 5.91 Å². The zero-order valence-electron chi connectivity index (χ0n) is 10.4. The molecule has 1 aromatic carbocycles. The Morgan fingerprint density at radius 2 is 2.28 bits per heavy atom. The number of hydrogen-bond donors (Lipinski definition) is 0. The van der Waals surface area contributed by atoms with E-state index in [1.807, 2.05) is 11.0 Å². The molecule has 1 amide bonds. The number of ether oxygens (including phenoxy) is 1. The summed E-state index contributed by atoms with van der Waals surface area (Å²) in [5.74, 6) is 1.00. The van der Waals surface area contributed by atoms with E-state index < -0.39 is 0 Å². The van der Waals surface area contributed by atoms with Gasteiger partial charge in [0.1, 0.15) is 11.6 Å². The Bertz CT molecular complexity index is 497. The molecule has 0 radical (unpaired) electrons. The molecule has 0 N–H and O–H groups in total. The summed E-state index contributed by atoms with van der Waals surface area (Å²) >= 11 is 5.66. The minimum Gasteiger partial charge on any atom is -0.497 e. The van der Waals surface area contributed by atoms with Crippen molar-refractivity contribution < 1.29 is 9.53 Å². The molecule has 0 saturated heterocycles. The summed E-state index contributed by atoms with van der Waals surface area (Å²) < 4.78 is 5.30.